The van der Waals surface area contributed by atoms with Crippen molar-refractivity contribution in [2.24, 2.45) is 0 Å². The van der Waals surface area contributed by atoms with Crippen molar-refractivity contribution >= 4 is 5.91 Å². The average molecular weight is 254 g/mol. The molecule has 1 aliphatic heterocycles. The van der Waals surface area contributed by atoms with Crippen molar-refractivity contribution in [2.75, 3.05) is 6.54 Å². The van der Waals surface area contributed by atoms with Crippen LogP contribution in [0.1, 0.15) is 21.5 Å². The fourth-order valence-electron chi connectivity index (χ4n) is 2.43. The molecule has 1 amide bonds. The van der Waals surface area contributed by atoms with E-state index < -0.39 is 0 Å². The Morgan fingerprint density at radius 1 is 1.11 bits per heavy atom. The number of H-pyrrole nitrogens is 1. The van der Waals surface area contributed by atoms with Crippen molar-refractivity contribution in [1.29, 1.82) is 0 Å². The lowest BCUT2D eigenvalue weighted by molar-refractivity contribution is 0.0733. The minimum Gasteiger partial charge on any atom is -0.334 e. The Balaban J connectivity index is 1.88. The van der Waals surface area contributed by atoms with Crippen LogP contribution in [0.4, 0.5) is 0 Å². The van der Waals surface area contributed by atoms with E-state index in [2.05, 4.69) is 11.1 Å². The maximum Gasteiger partial charge on any atom is 0.260 e. The van der Waals surface area contributed by atoms with Crippen LogP contribution >= 0.6 is 0 Å². The molecule has 0 unspecified atom stereocenters. The number of fused-ring (bicyclic) bond motifs is 1. The summed E-state index contributed by atoms with van der Waals surface area (Å²) in [7, 11) is 0. The Bertz CT molecular complexity index is 676. The van der Waals surface area contributed by atoms with Crippen LogP contribution in [0.3, 0.4) is 0 Å². The molecule has 2 aromatic rings. The van der Waals surface area contributed by atoms with Gasteiger partial charge in [0.25, 0.3) is 11.5 Å². The molecule has 4 heteroatoms. The first kappa shape index (κ1) is 11.7. The molecule has 96 valence electrons. The lowest BCUT2D eigenvalue weighted by Gasteiger charge is -2.28. The van der Waals surface area contributed by atoms with Gasteiger partial charge in [0.2, 0.25) is 0 Å². The lowest BCUT2D eigenvalue weighted by atomic mass is 9.99. The van der Waals surface area contributed by atoms with Gasteiger partial charge in [0, 0.05) is 19.3 Å². The number of amides is 1. The van der Waals surface area contributed by atoms with Crippen molar-refractivity contribution in [3.63, 3.8) is 0 Å². The number of carbonyl (C=O) groups is 1. The summed E-state index contributed by atoms with van der Waals surface area (Å²) in [4.78, 5) is 28.2. The van der Waals surface area contributed by atoms with Gasteiger partial charge < -0.3 is 9.88 Å². The number of nitrogens with zero attached hydrogens (tertiary/aromatic N) is 1. The van der Waals surface area contributed by atoms with E-state index in [0.717, 1.165) is 12.0 Å². The molecule has 19 heavy (non-hydrogen) atoms. The molecule has 1 aromatic heterocycles. The zero-order valence-corrected chi connectivity index (χ0v) is 10.4. The van der Waals surface area contributed by atoms with E-state index in [-0.39, 0.29) is 17.0 Å². The molecule has 0 radical (unpaired) electrons. The van der Waals surface area contributed by atoms with Crippen LogP contribution < -0.4 is 5.56 Å². The third kappa shape index (κ3) is 2.17. The third-order valence-corrected chi connectivity index (χ3v) is 3.47. The normalized spacial score (nSPS) is 14.0. The predicted molar refractivity (Wildman–Crippen MR) is 71.9 cm³/mol. The highest BCUT2D eigenvalue weighted by Gasteiger charge is 2.22. The summed E-state index contributed by atoms with van der Waals surface area (Å²) in [5.41, 5.74) is 2.33. The van der Waals surface area contributed by atoms with E-state index in [1.165, 1.54) is 11.8 Å². The first-order chi connectivity index (χ1) is 9.25. The van der Waals surface area contributed by atoms with Gasteiger partial charge in [-0.2, -0.15) is 0 Å². The van der Waals surface area contributed by atoms with Crippen molar-refractivity contribution < 1.29 is 4.79 Å². The van der Waals surface area contributed by atoms with Gasteiger partial charge in [-0.05, 0) is 29.7 Å². The number of rotatable bonds is 1. The van der Waals surface area contributed by atoms with Gasteiger partial charge in [0.1, 0.15) is 5.56 Å². The molecule has 0 fully saturated rings. The number of benzene rings is 1. The molecular weight excluding hydrogens is 240 g/mol. The molecular formula is C15H14N2O2. The van der Waals surface area contributed by atoms with Crippen molar-refractivity contribution in [3.05, 3.63) is 69.6 Å². The number of aromatic amines is 1. The highest BCUT2D eigenvalue weighted by molar-refractivity contribution is 5.93. The molecule has 0 saturated carbocycles. The summed E-state index contributed by atoms with van der Waals surface area (Å²) in [5, 5.41) is 0. The summed E-state index contributed by atoms with van der Waals surface area (Å²) in [5.74, 6) is -0.198. The van der Waals surface area contributed by atoms with Gasteiger partial charge in [-0.1, -0.05) is 24.3 Å². The number of hydrogen-bond acceptors (Lipinski definition) is 2. The van der Waals surface area contributed by atoms with E-state index in [9.17, 15) is 9.59 Å². The molecule has 0 aliphatic carbocycles. The number of nitrogens with one attached hydrogen (secondary N) is 1. The van der Waals surface area contributed by atoms with Crippen LogP contribution in [-0.4, -0.2) is 22.3 Å². The number of pyridine rings is 1. The minimum absolute atomic E-state index is 0.198. The van der Waals surface area contributed by atoms with Gasteiger partial charge >= 0.3 is 0 Å². The van der Waals surface area contributed by atoms with Crippen LogP contribution in [0.15, 0.2) is 47.4 Å². The van der Waals surface area contributed by atoms with Crippen LogP contribution in [-0.2, 0) is 13.0 Å². The molecule has 0 atom stereocenters. The molecule has 1 aliphatic rings. The van der Waals surface area contributed by atoms with Crippen LogP contribution in [0.5, 0.6) is 0 Å². The van der Waals surface area contributed by atoms with E-state index in [0.29, 0.717) is 13.1 Å². The van der Waals surface area contributed by atoms with Gasteiger partial charge in [-0.15, -0.1) is 0 Å². The molecule has 4 nitrogen and oxygen atoms in total. The van der Waals surface area contributed by atoms with E-state index in [1.807, 2.05) is 18.2 Å². The van der Waals surface area contributed by atoms with Crippen LogP contribution in [0.2, 0.25) is 0 Å². The first-order valence-electron chi connectivity index (χ1n) is 6.29. The maximum atomic E-state index is 12.3. The van der Waals surface area contributed by atoms with Crippen molar-refractivity contribution in [2.45, 2.75) is 13.0 Å². The summed E-state index contributed by atoms with van der Waals surface area (Å²) in [6.07, 6.45) is 2.37. The van der Waals surface area contributed by atoms with E-state index in [4.69, 9.17) is 0 Å². The average Bonchev–Trinajstić information content (AvgIpc) is 2.46. The van der Waals surface area contributed by atoms with E-state index in [1.54, 1.807) is 17.0 Å². The molecule has 0 spiro atoms. The predicted octanol–water partition coefficient (Wildman–Crippen LogP) is 1.57. The summed E-state index contributed by atoms with van der Waals surface area (Å²) >= 11 is 0. The molecule has 2 heterocycles. The fraction of sp³-hybridized carbons (Fsp3) is 0.200. The second-order valence-corrected chi connectivity index (χ2v) is 4.66. The molecule has 3 rings (SSSR count). The summed E-state index contributed by atoms with van der Waals surface area (Å²) < 4.78 is 0. The van der Waals surface area contributed by atoms with Crippen LogP contribution in [0, 0.1) is 0 Å². The molecule has 0 bridgehead atoms. The lowest BCUT2D eigenvalue weighted by Crippen LogP contribution is -2.38. The SMILES string of the molecule is O=C(c1ccc[nH]c1=O)N1CCc2ccccc2C1. The summed E-state index contributed by atoms with van der Waals surface area (Å²) in [6.45, 7) is 1.23. The number of carbonyl (C=O) groups excluding carboxylic acids is 1. The van der Waals surface area contributed by atoms with Gasteiger partial charge in [-0.25, -0.2) is 0 Å². The first-order valence-corrected chi connectivity index (χ1v) is 6.29. The van der Waals surface area contributed by atoms with Gasteiger partial charge in [-0.3, -0.25) is 9.59 Å². The topological polar surface area (TPSA) is 53.2 Å². The Hall–Kier alpha value is -2.36. The molecule has 1 aromatic carbocycles. The van der Waals surface area contributed by atoms with Crippen molar-refractivity contribution in [3.8, 4) is 0 Å². The van der Waals surface area contributed by atoms with E-state index >= 15 is 0 Å². The van der Waals surface area contributed by atoms with Crippen molar-refractivity contribution in [1.82, 2.24) is 9.88 Å². The number of aromatic nitrogens is 1. The van der Waals surface area contributed by atoms with Crippen LogP contribution in [0.25, 0.3) is 0 Å². The quantitative estimate of drug-likeness (QED) is 0.840. The monoisotopic (exact) mass is 254 g/mol. The smallest absolute Gasteiger partial charge is 0.260 e. The van der Waals surface area contributed by atoms with Gasteiger partial charge in [0.05, 0.1) is 0 Å². The molecule has 1 N–H and O–H groups in total. The Kier molecular flexibility index (Phi) is 2.91. The van der Waals surface area contributed by atoms with Gasteiger partial charge in [0.15, 0.2) is 0 Å². The number of hydrogen-bond donors (Lipinski definition) is 1. The largest absolute Gasteiger partial charge is 0.334 e. The molecule has 0 saturated heterocycles. The third-order valence-electron chi connectivity index (χ3n) is 3.47. The second-order valence-electron chi connectivity index (χ2n) is 4.66. The zero-order chi connectivity index (χ0) is 13.2. The Morgan fingerprint density at radius 2 is 1.89 bits per heavy atom. The standard InChI is InChI=1S/C15H14N2O2/c18-14-13(6-3-8-16-14)15(19)17-9-7-11-4-1-2-5-12(11)10-17/h1-6,8H,7,9-10H2,(H,16,18). The summed E-state index contributed by atoms with van der Waals surface area (Å²) in [6, 6.07) is 11.4. The second kappa shape index (κ2) is 4.72. The highest BCUT2D eigenvalue weighted by atomic mass is 16.2. The maximum absolute atomic E-state index is 12.3. The Morgan fingerprint density at radius 3 is 2.68 bits per heavy atom. The highest BCUT2D eigenvalue weighted by Crippen LogP contribution is 2.19. The Labute approximate surface area is 110 Å². The zero-order valence-electron chi connectivity index (χ0n) is 10.4. The minimum atomic E-state index is -0.327. The fourth-order valence-corrected chi connectivity index (χ4v) is 2.43.